The minimum atomic E-state index is -0.169. The largest absolute Gasteiger partial charge is 0.466 e. The maximum atomic E-state index is 11.3. The summed E-state index contributed by atoms with van der Waals surface area (Å²) in [5.41, 5.74) is 1.15. The summed E-state index contributed by atoms with van der Waals surface area (Å²) in [4.78, 5) is 11.3. The quantitative estimate of drug-likeness (QED) is 0.572. The maximum Gasteiger partial charge on any atom is 0.305 e. The molecule has 0 aliphatic carbocycles. The van der Waals surface area contributed by atoms with E-state index in [0.717, 1.165) is 5.56 Å². The molecule has 4 nitrogen and oxygen atoms in total. The highest BCUT2D eigenvalue weighted by molar-refractivity contribution is 5.69. The molecule has 1 aliphatic rings. The van der Waals surface area contributed by atoms with E-state index in [-0.39, 0.29) is 18.2 Å². The molecule has 0 saturated heterocycles. The van der Waals surface area contributed by atoms with Crippen LogP contribution in [0, 0.1) is 0 Å². The lowest BCUT2D eigenvalue weighted by Gasteiger charge is -2.23. The third kappa shape index (κ3) is 5.69. The number of hydrogen-bond donors (Lipinski definition) is 0. The van der Waals surface area contributed by atoms with Crippen LogP contribution in [-0.2, 0) is 25.6 Å². The first-order chi connectivity index (χ1) is 10.3. The molecule has 21 heavy (non-hydrogen) atoms. The predicted octanol–water partition coefficient (Wildman–Crippen LogP) is 2.87. The van der Waals surface area contributed by atoms with Crippen LogP contribution in [0.2, 0.25) is 0 Å². The normalized spacial score (nSPS) is 21.2. The zero-order valence-electron chi connectivity index (χ0n) is 12.4. The summed E-state index contributed by atoms with van der Waals surface area (Å²) in [6, 6.07) is 10.1. The van der Waals surface area contributed by atoms with Crippen molar-refractivity contribution in [1.29, 1.82) is 0 Å². The molecule has 4 heteroatoms. The van der Waals surface area contributed by atoms with Crippen molar-refractivity contribution in [2.24, 2.45) is 0 Å². The van der Waals surface area contributed by atoms with Crippen LogP contribution in [0.15, 0.2) is 42.5 Å². The standard InChI is InChI=1S/C17H22O4/c1-2-19-17(18)11-10-15-8-9-16(13-21-15)20-12-14-6-4-3-5-7-14/h3-9,15-16H,2,10-13H2,1H3/t15-,16+/m1/s1. The number of carbonyl (C=O) groups excluding carboxylic acids is 1. The van der Waals surface area contributed by atoms with E-state index in [2.05, 4.69) is 0 Å². The summed E-state index contributed by atoms with van der Waals surface area (Å²) in [5, 5.41) is 0. The predicted molar refractivity (Wildman–Crippen MR) is 79.8 cm³/mol. The van der Waals surface area contributed by atoms with Gasteiger partial charge < -0.3 is 14.2 Å². The van der Waals surface area contributed by atoms with Crippen LogP contribution in [0.25, 0.3) is 0 Å². The molecular weight excluding hydrogens is 268 g/mol. The lowest BCUT2D eigenvalue weighted by Crippen LogP contribution is -2.27. The van der Waals surface area contributed by atoms with E-state index in [4.69, 9.17) is 14.2 Å². The summed E-state index contributed by atoms with van der Waals surface area (Å²) in [7, 11) is 0. The van der Waals surface area contributed by atoms with Gasteiger partial charge in [-0.25, -0.2) is 0 Å². The van der Waals surface area contributed by atoms with Gasteiger partial charge >= 0.3 is 5.97 Å². The number of hydrogen-bond acceptors (Lipinski definition) is 4. The van der Waals surface area contributed by atoms with Gasteiger partial charge in [-0.15, -0.1) is 0 Å². The molecular formula is C17H22O4. The molecule has 2 atom stereocenters. The van der Waals surface area contributed by atoms with Gasteiger partial charge in [0.15, 0.2) is 0 Å². The molecule has 0 radical (unpaired) electrons. The van der Waals surface area contributed by atoms with E-state index in [1.165, 1.54) is 0 Å². The van der Waals surface area contributed by atoms with E-state index < -0.39 is 0 Å². The smallest absolute Gasteiger partial charge is 0.305 e. The molecule has 1 aliphatic heterocycles. The summed E-state index contributed by atoms with van der Waals surface area (Å²) in [6.07, 6.45) is 4.98. The minimum Gasteiger partial charge on any atom is -0.466 e. The molecule has 0 saturated carbocycles. The first-order valence-electron chi connectivity index (χ1n) is 7.39. The Labute approximate surface area is 125 Å². The number of esters is 1. The SMILES string of the molecule is CCOC(=O)CC[C@H]1C=C[C@H](OCc2ccccc2)CO1. The average molecular weight is 290 g/mol. The molecule has 0 aromatic heterocycles. The maximum absolute atomic E-state index is 11.3. The van der Waals surface area contributed by atoms with Crippen LogP contribution in [0.4, 0.5) is 0 Å². The Morgan fingerprint density at radius 2 is 2.10 bits per heavy atom. The second kappa shape index (κ2) is 8.60. The van der Waals surface area contributed by atoms with Crippen LogP contribution in [0.5, 0.6) is 0 Å². The Morgan fingerprint density at radius 1 is 1.29 bits per heavy atom. The summed E-state index contributed by atoms with van der Waals surface area (Å²) >= 11 is 0. The second-order valence-electron chi connectivity index (χ2n) is 4.94. The fraction of sp³-hybridized carbons (Fsp3) is 0.471. The molecule has 1 aromatic carbocycles. The first-order valence-corrected chi connectivity index (χ1v) is 7.39. The molecule has 0 N–H and O–H groups in total. The van der Waals surface area contributed by atoms with Crippen molar-refractivity contribution in [3.8, 4) is 0 Å². The highest BCUT2D eigenvalue weighted by Crippen LogP contribution is 2.14. The topological polar surface area (TPSA) is 44.8 Å². The van der Waals surface area contributed by atoms with Crippen molar-refractivity contribution in [2.75, 3.05) is 13.2 Å². The molecule has 2 rings (SSSR count). The summed E-state index contributed by atoms with van der Waals surface area (Å²) in [5.74, 6) is -0.169. The molecule has 0 unspecified atom stereocenters. The number of carbonyl (C=O) groups is 1. The highest BCUT2D eigenvalue weighted by atomic mass is 16.5. The lowest BCUT2D eigenvalue weighted by molar-refractivity contribution is -0.143. The van der Waals surface area contributed by atoms with Gasteiger partial charge in [0.05, 0.1) is 32.0 Å². The van der Waals surface area contributed by atoms with E-state index in [0.29, 0.717) is 32.7 Å². The average Bonchev–Trinajstić information content (AvgIpc) is 2.53. The molecule has 114 valence electrons. The Morgan fingerprint density at radius 3 is 2.76 bits per heavy atom. The van der Waals surface area contributed by atoms with Gasteiger partial charge in [-0.1, -0.05) is 42.5 Å². The van der Waals surface area contributed by atoms with Crippen LogP contribution in [0.3, 0.4) is 0 Å². The van der Waals surface area contributed by atoms with E-state index in [1.54, 1.807) is 0 Å². The van der Waals surface area contributed by atoms with Crippen LogP contribution in [-0.4, -0.2) is 31.4 Å². The third-order valence-electron chi connectivity index (χ3n) is 3.26. The Kier molecular flexibility index (Phi) is 6.44. The van der Waals surface area contributed by atoms with Crippen molar-refractivity contribution in [3.63, 3.8) is 0 Å². The Bertz CT molecular complexity index is 455. The van der Waals surface area contributed by atoms with E-state index >= 15 is 0 Å². The first kappa shape index (κ1) is 15.7. The van der Waals surface area contributed by atoms with Crippen LogP contribution in [0.1, 0.15) is 25.3 Å². The van der Waals surface area contributed by atoms with Gasteiger partial charge in [-0.05, 0) is 18.9 Å². The lowest BCUT2D eigenvalue weighted by atomic mass is 10.1. The number of benzene rings is 1. The number of rotatable bonds is 7. The van der Waals surface area contributed by atoms with Gasteiger partial charge in [0, 0.05) is 6.42 Å². The minimum absolute atomic E-state index is 0.0222. The molecule has 1 heterocycles. The fourth-order valence-electron chi connectivity index (χ4n) is 2.13. The van der Waals surface area contributed by atoms with Gasteiger partial charge in [0.25, 0.3) is 0 Å². The Hall–Kier alpha value is -1.65. The summed E-state index contributed by atoms with van der Waals surface area (Å²) < 4.78 is 16.4. The van der Waals surface area contributed by atoms with Crippen molar-refractivity contribution in [2.45, 2.75) is 38.6 Å². The number of ether oxygens (including phenoxy) is 3. The van der Waals surface area contributed by atoms with Crippen molar-refractivity contribution in [1.82, 2.24) is 0 Å². The molecule has 0 amide bonds. The van der Waals surface area contributed by atoms with Crippen molar-refractivity contribution < 1.29 is 19.0 Å². The third-order valence-corrected chi connectivity index (χ3v) is 3.26. The van der Waals surface area contributed by atoms with Crippen molar-refractivity contribution in [3.05, 3.63) is 48.0 Å². The highest BCUT2D eigenvalue weighted by Gasteiger charge is 2.17. The molecule has 0 fully saturated rings. The van der Waals surface area contributed by atoms with Gasteiger partial charge in [-0.2, -0.15) is 0 Å². The monoisotopic (exact) mass is 290 g/mol. The van der Waals surface area contributed by atoms with E-state index in [9.17, 15) is 4.79 Å². The molecule has 0 bridgehead atoms. The second-order valence-corrected chi connectivity index (χ2v) is 4.94. The zero-order valence-corrected chi connectivity index (χ0v) is 12.4. The van der Waals surface area contributed by atoms with Gasteiger partial charge in [0.1, 0.15) is 0 Å². The van der Waals surface area contributed by atoms with E-state index in [1.807, 2.05) is 49.4 Å². The fourth-order valence-corrected chi connectivity index (χ4v) is 2.13. The zero-order chi connectivity index (χ0) is 14.9. The van der Waals surface area contributed by atoms with Gasteiger partial charge in [0.2, 0.25) is 0 Å². The van der Waals surface area contributed by atoms with Gasteiger partial charge in [-0.3, -0.25) is 4.79 Å². The van der Waals surface area contributed by atoms with Crippen molar-refractivity contribution >= 4 is 5.97 Å². The summed E-state index contributed by atoms with van der Waals surface area (Å²) in [6.45, 7) is 3.34. The van der Waals surface area contributed by atoms with Crippen LogP contribution < -0.4 is 0 Å². The molecule has 0 spiro atoms. The van der Waals surface area contributed by atoms with Crippen LogP contribution >= 0.6 is 0 Å². The Balaban J connectivity index is 1.68. The molecule has 1 aromatic rings.